The van der Waals surface area contributed by atoms with Crippen LogP contribution in [-0.4, -0.2) is 5.11 Å². The molecule has 0 saturated heterocycles. The highest BCUT2D eigenvalue weighted by molar-refractivity contribution is 9.10. The van der Waals surface area contributed by atoms with E-state index in [9.17, 15) is 5.11 Å². The van der Waals surface area contributed by atoms with Crippen molar-refractivity contribution in [2.45, 2.75) is 45.4 Å². The molecule has 0 spiro atoms. The quantitative estimate of drug-likeness (QED) is 0.739. The summed E-state index contributed by atoms with van der Waals surface area (Å²) >= 11 is 3.42. The van der Waals surface area contributed by atoms with Crippen LogP contribution >= 0.6 is 15.9 Å². The topological polar surface area (TPSA) is 20.2 Å². The van der Waals surface area contributed by atoms with Crippen molar-refractivity contribution in [1.82, 2.24) is 0 Å². The zero-order valence-electron chi connectivity index (χ0n) is 10.3. The second-order valence-corrected chi connectivity index (χ2v) is 6.50. The maximum Gasteiger partial charge on any atom is 0.130 e. The second kappa shape index (κ2) is 3.76. The largest absolute Gasteiger partial charge is 0.507 e. The molecule has 16 heavy (non-hydrogen) atoms. The van der Waals surface area contributed by atoms with E-state index in [0.717, 1.165) is 4.47 Å². The lowest BCUT2D eigenvalue weighted by Gasteiger charge is -2.41. The molecule has 0 fully saturated rings. The summed E-state index contributed by atoms with van der Waals surface area (Å²) in [5.74, 6) is 1.57. The van der Waals surface area contributed by atoms with E-state index in [0.29, 0.717) is 17.6 Å². The number of halogens is 1. The first-order valence-electron chi connectivity index (χ1n) is 5.87. The summed E-state index contributed by atoms with van der Waals surface area (Å²) in [6.07, 6.45) is 1.20. The lowest BCUT2D eigenvalue weighted by molar-refractivity contribution is 0.280. The van der Waals surface area contributed by atoms with Crippen molar-refractivity contribution in [3.8, 4) is 5.75 Å². The Morgan fingerprint density at radius 3 is 2.56 bits per heavy atom. The third kappa shape index (κ3) is 1.67. The average Bonchev–Trinajstić information content (AvgIpc) is 2.19. The fraction of sp³-hybridized carbons (Fsp3) is 0.571. The summed E-state index contributed by atoms with van der Waals surface area (Å²) in [6.45, 7) is 9.16. The number of hydrogen-bond donors (Lipinski definition) is 1. The molecule has 0 saturated carbocycles. The van der Waals surface area contributed by atoms with Crippen molar-refractivity contribution < 1.29 is 5.11 Å². The standard InChI is InChI=1S/C14H19BrO/c1-8-5-9(2)14(3,4)11-7-12(15)13(16)6-10(8)11/h6-9,16H,5H2,1-4H3. The molecule has 2 rings (SSSR count). The van der Waals surface area contributed by atoms with Gasteiger partial charge in [-0.25, -0.2) is 0 Å². The third-order valence-corrected chi connectivity index (χ3v) is 4.92. The molecule has 0 radical (unpaired) electrons. The fourth-order valence-electron chi connectivity index (χ4n) is 2.76. The molecule has 0 aliphatic heterocycles. The predicted molar refractivity (Wildman–Crippen MR) is 71.0 cm³/mol. The number of phenolic OH excluding ortho intramolecular Hbond substituents is 1. The van der Waals surface area contributed by atoms with Crippen molar-refractivity contribution in [2.75, 3.05) is 0 Å². The highest BCUT2D eigenvalue weighted by Crippen LogP contribution is 2.48. The van der Waals surface area contributed by atoms with Crippen LogP contribution in [0.4, 0.5) is 0 Å². The average molecular weight is 283 g/mol. The Bertz CT molecular complexity index is 423. The van der Waals surface area contributed by atoms with Crippen LogP contribution in [0.3, 0.4) is 0 Å². The van der Waals surface area contributed by atoms with Gasteiger partial charge < -0.3 is 5.11 Å². The minimum Gasteiger partial charge on any atom is -0.507 e. The van der Waals surface area contributed by atoms with Gasteiger partial charge in [0.05, 0.1) is 4.47 Å². The monoisotopic (exact) mass is 282 g/mol. The van der Waals surface area contributed by atoms with Crippen molar-refractivity contribution in [3.63, 3.8) is 0 Å². The van der Waals surface area contributed by atoms with Gasteiger partial charge in [0.25, 0.3) is 0 Å². The molecule has 1 N–H and O–H groups in total. The van der Waals surface area contributed by atoms with Gasteiger partial charge >= 0.3 is 0 Å². The van der Waals surface area contributed by atoms with Crippen LogP contribution in [0.2, 0.25) is 0 Å². The first-order chi connectivity index (χ1) is 7.34. The normalized spacial score (nSPS) is 27.6. The Balaban J connectivity index is 2.65. The Morgan fingerprint density at radius 1 is 1.31 bits per heavy atom. The Labute approximate surface area is 106 Å². The third-order valence-electron chi connectivity index (χ3n) is 4.28. The van der Waals surface area contributed by atoms with E-state index in [2.05, 4.69) is 49.7 Å². The molecule has 0 amide bonds. The minimum atomic E-state index is 0.193. The molecular formula is C14H19BrO. The van der Waals surface area contributed by atoms with Crippen LogP contribution in [0.25, 0.3) is 0 Å². The van der Waals surface area contributed by atoms with E-state index >= 15 is 0 Å². The number of hydrogen-bond acceptors (Lipinski definition) is 1. The van der Waals surface area contributed by atoms with Gasteiger partial charge in [0.2, 0.25) is 0 Å². The van der Waals surface area contributed by atoms with E-state index in [1.54, 1.807) is 0 Å². The van der Waals surface area contributed by atoms with Crippen molar-refractivity contribution in [1.29, 1.82) is 0 Å². The van der Waals surface area contributed by atoms with Gasteiger partial charge in [-0.3, -0.25) is 0 Å². The van der Waals surface area contributed by atoms with Crippen LogP contribution in [0.15, 0.2) is 16.6 Å². The molecule has 0 aromatic heterocycles. The number of aromatic hydroxyl groups is 1. The van der Waals surface area contributed by atoms with Crippen LogP contribution in [0.1, 0.15) is 51.2 Å². The van der Waals surface area contributed by atoms with Crippen molar-refractivity contribution in [3.05, 3.63) is 27.7 Å². The molecule has 88 valence electrons. The molecule has 0 bridgehead atoms. The fourth-order valence-corrected chi connectivity index (χ4v) is 3.10. The van der Waals surface area contributed by atoms with E-state index < -0.39 is 0 Å². The number of fused-ring (bicyclic) bond motifs is 1. The smallest absolute Gasteiger partial charge is 0.130 e. The molecule has 2 unspecified atom stereocenters. The highest BCUT2D eigenvalue weighted by atomic mass is 79.9. The Kier molecular flexibility index (Phi) is 2.82. The first kappa shape index (κ1) is 12.0. The molecular weight excluding hydrogens is 264 g/mol. The zero-order valence-corrected chi connectivity index (χ0v) is 11.9. The SMILES string of the molecule is CC1CC(C)C(C)(C)c2cc(Br)c(O)cc21. The second-order valence-electron chi connectivity index (χ2n) is 5.65. The van der Waals surface area contributed by atoms with Gasteiger partial charge in [-0.05, 0) is 62.9 Å². The summed E-state index contributed by atoms with van der Waals surface area (Å²) in [6, 6.07) is 4.02. The van der Waals surface area contributed by atoms with Crippen LogP contribution in [0.5, 0.6) is 5.75 Å². The van der Waals surface area contributed by atoms with E-state index in [4.69, 9.17) is 0 Å². The predicted octanol–water partition coefficient (Wildman–Crippen LogP) is 4.58. The van der Waals surface area contributed by atoms with E-state index in [-0.39, 0.29) is 5.41 Å². The lowest BCUT2D eigenvalue weighted by atomic mass is 9.63. The highest BCUT2D eigenvalue weighted by Gasteiger charge is 2.37. The molecule has 1 aliphatic carbocycles. The van der Waals surface area contributed by atoms with E-state index in [1.807, 2.05) is 6.07 Å². The number of rotatable bonds is 0. The maximum absolute atomic E-state index is 9.78. The van der Waals surface area contributed by atoms with Crippen molar-refractivity contribution >= 4 is 15.9 Å². The molecule has 1 nitrogen and oxygen atoms in total. The number of benzene rings is 1. The van der Waals surface area contributed by atoms with Gasteiger partial charge in [-0.1, -0.05) is 27.7 Å². The summed E-state index contributed by atoms with van der Waals surface area (Å²) < 4.78 is 0.806. The Hall–Kier alpha value is -0.500. The minimum absolute atomic E-state index is 0.193. The molecule has 1 aromatic rings. The van der Waals surface area contributed by atoms with Gasteiger partial charge in [-0.15, -0.1) is 0 Å². The maximum atomic E-state index is 9.78. The summed E-state index contributed by atoms with van der Waals surface area (Å²) in [4.78, 5) is 0. The van der Waals surface area contributed by atoms with E-state index in [1.165, 1.54) is 17.5 Å². The molecule has 1 aliphatic rings. The van der Waals surface area contributed by atoms with Gasteiger partial charge in [0, 0.05) is 0 Å². The zero-order chi connectivity index (χ0) is 12.1. The lowest BCUT2D eigenvalue weighted by Crippen LogP contribution is -2.33. The Morgan fingerprint density at radius 2 is 1.94 bits per heavy atom. The summed E-state index contributed by atoms with van der Waals surface area (Å²) in [5.41, 5.74) is 2.88. The van der Waals surface area contributed by atoms with Crippen LogP contribution in [0, 0.1) is 5.92 Å². The first-order valence-corrected chi connectivity index (χ1v) is 6.66. The van der Waals surface area contributed by atoms with Crippen molar-refractivity contribution in [2.24, 2.45) is 5.92 Å². The molecule has 2 heteroatoms. The molecule has 0 heterocycles. The van der Waals surface area contributed by atoms with Gasteiger partial charge in [-0.2, -0.15) is 0 Å². The molecule has 1 aromatic carbocycles. The van der Waals surface area contributed by atoms with Crippen LogP contribution in [-0.2, 0) is 5.41 Å². The van der Waals surface area contributed by atoms with Gasteiger partial charge in [0.1, 0.15) is 5.75 Å². The van der Waals surface area contributed by atoms with Crippen LogP contribution < -0.4 is 0 Å². The summed E-state index contributed by atoms with van der Waals surface area (Å²) in [7, 11) is 0. The summed E-state index contributed by atoms with van der Waals surface area (Å²) in [5, 5.41) is 9.78. The molecule has 2 atom stereocenters. The van der Waals surface area contributed by atoms with Gasteiger partial charge in [0.15, 0.2) is 0 Å². The number of phenols is 1.